The minimum absolute atomic E-state index is 0.215. The zero-order valence-electron chi connectivity index (χ0n) is 13.4. The highest BCUT2D eigenvalue weighted by molar-refractivity contribution is 6.39. The molecule has 0 radical (unpaired) electrons. The minimum atomic E-state index is -0.743. The molecule has 1 fully saturated rings. The maximum Gasteiger partial charge on any atom is 0.315 e. The van der Waals surface area contributed by atoms with Gasteiger partial charge in [-0.25, -0.2) is 4.98 Å². The van der Waals surface area contributed by atoms with Gasteiger partial charge in [-0.3, -0.25) is 14.4 Å². The van der Waals surface area contributed by atoms with Gasteiger partial charge in [-0.2, -0.15) is 0 Å². The first-order valence-corrected chi connectivity index (χ1v) is 7.71. The number of pyridine rings is 1. The van der Waals surface area contributed by atoms with Crippen molar-refractivity contribution in [2.24, 2.45) is 5.92 Å². The summed E-state index contributed by atoms with van der Waals surface area (Å²) in [5.41, 5.74) is 0.746. The van der Waals surface area contributed by atoms with Gasteiger partial charge in [0.2, 0.25) is 0 Å². The Balaban J connectivity index is 1.96. The molecule has 7 heteroatoms. The van der Waals surface area contributed by atoms with E-state index in [1.54, 1.807) is 32.0 Å². The fourth-order valence-electron chi connectivity index (χ4n) is 2.54. The van der Waals surface area contributed by atoms with Gasteiger partial charge in [0.1, 0.15) is 5.82 Å². The van der Waals surface area contributed by atoms with Gasteiger partial charge in [-0.15, -0.1) is 0 Å². The zero-order chi connectivity index (χ0) is 16.8. The summed E-state index contributed by atoms with van der Waals surface area (Å²) in [5, 5.41) is 2.49. The number of ether oxygens (including phenoxy) is 1. The van der Waals surface area contributed by atoms with Gasteiger partial charge in [-0.1, -0.05) is 6.07 Å². The molecule has 1 unspecified atom stereocenters. The van der Waals surface area contributed by atoms with Crippen LogP contribution < -0.4 is 5.32 Å². The Labute approximate surface area is 135 Å². The number of rotatable bonds is 3. The topological polar surface area (TPSA) is 88.6 Å². The van der Waals surface area contributed by atoms with Crippen molar-refractivity contribution in [3.05, 3.63) is 23.9 Å². The molecule has 1 aromatic rings. The summed E-state index contributed by atoms with van der Waals surface area (Å²) in [7, 11) is 0. The molecule has 2 heterocycles. The lowest BCUT2D eigenvalue weighted by molar-refractivity contribution is -0.153. The molecule has 1 aliphatic rings. The summed E-state index contributed by atoms with van der Waals surface area (Å²) in [4.78, 5) is 41.6. The van der Waals surface area contributed by atoms with Crippen molar-refractivity contribution in [1.82, 2.24) is 9.88 Å². The molecule has 0 aliphatic carbocycles. The van der Waals surface area contributed by atoms with Crippen LogP contribution in [0, 0.1) is 12.8 Å². The Morgan fingerprint density at radius 1 is 1.39 bits per heavy atom. The molecule has 2 amide bonds. The van der Waals surface area contributed by atoms with Crippen LogP contribution >= 0.6 is 0 Å². The van der Waals surface area contributed by atoms with Crippen molar-refractivity contribution in [3.63, 3.8) is 0 Å². The molecular weight excluding hydrogens is 298 g/mol. The van der Waals surface area contributed by atoms with Crippen molar-refractivity contribution >= 4 is 23.6 Å². The second kappa shape index (κ2) is 7.71. The smallest absolute Gasteiger partial charge is 0.315 e. The number of amides is 2. The van der Waals surface area contributed by atoms with Crippen LogP contribution in [-0.4, -0.2) is 47.4 Å². The largest absolute Gasteiger partial charge is 0.466 e. The van der Waals surface area contributed by atoms with Gasteiger partial charge >= 0.3 is 17.8 Å². The molecule has 124 valence electrons. The molecular formula is C16H21N3O4. The van der Waals surface area contributed by atoms with Crippen LogP contribution in [0.1, 0.15) is 25.5 Å². The third-order valence-corrected chi connectivity index (χ3v) is 3.65. The van der Waals surface area contributed by atoms with E-state index in [9.17, 15) is 14.4 Å². The number of nitrogens with one attached hydrogen (secondary N) is 1. The first-order chi connectivity index (χ1) is 11.0. The molecule has 0 aromatic carbocycles. The number of carbonyl (C=O) groups is 3. The zero-order valence-corrected chi connectivity index (χ0v) is 13.4. The highest BCUT2D eigenvalue weighted by Gasteiger charge is 2.32. The number of piperidine rings is 1. The van der Waals surface area contributed by atoms with Crippen LogP contribution in [0.15, 0.2) is 18.2 Å². The number of nitrogens with zero attached hydrogens (tertiary/aromatic N) is 2. The lowest BCUT2D eigenvalue weighted by Crippen LogP contribution is -2.47. The summed E-state index contributed by atoms with van der Waals surface area (Å²) >= 11 is 0. The van der Waals surface area contributed by atoms with E-state index in [0.29, 0.717) is 31.8 Å². The molecule has 1 aromatic heterocycles. The summed E-state index contributed by atoms with van der Waals surface area (Å²) in [6, 6.07) is 5.17. The third kappa shape index (κ3) is 4.51. The van der Waals surface area contributed by atoms with E-state index < -0.39 is 11.8 Å². The van der Waals surface area contributed by atoms with Gasteiger partial charge in [-0.05, 0) is 38.8 Å². The predicted octanol–water partition coefficient (Wildman–Crippen LogP) is 1.13. The molecule has 0 saturated carbocycles. The standard InChI is InChI=1S/C16H21N3O4/c1-3-23-16(22)12-7-5-9-19(10-12)15(21)14(20)18-13-8-4-6-11(2)17-13/h4,6,8,12H,3,5,7,9-10H2,1-2H3,(H,17,18,20). The van der Waals surface area contributed by atoms with E-state index in [-0.39, 0.29) is 18.4 Å². The number of likely N-dealkylation sites (tertiary alicyclic amines) is 1. The van der Waals surface area contributed by atoms with Gasteiger partial charge in [0, 0.05) is 18.8 Å². The Morgan fingerprint density at radius 3 is 2.87 bits per heavy atom. The normalized spacial score (nSPS) is 17.5. The van der Waals surface area contributed by atoms with Crippen LogP contribution in [0.4, 0.5) is 5.82 Å². The van der Waals surface area contributed by atoms with Crippen LogP contribution in [0.25, 0.3) is 0 Å². The molecule has 1 N–H and O–H groups in total. The maximum atomic E-state index is 12.2. The second-order valence-electron chi connectivity index (χ2n) is 5.46. The highest BCUT2D eigenvalue weighted by atomic mass is 16.5. The first-order valence-electron chi connectivity index (χ1n) is 7.71. The van der Waals surface area contributed by atoms with E-state index in [0.717, 1.165) is 5.69 Å². The Bertz CT molecular complexity index is 603. The monoisotopic (exact) mass is 319 g/mol. The predicted molar refractivity (Wildman–Crippen MR) is 83.5 cm³/mol. The number of aromatic nitrogens is 1. The van der Waals surface area contributed by atoms with Gasteiger partial charge < -0.3 is 15.0 Å². The number of carbonyl (C=O) groups excluding carboxylic acids is 3. The summed E-state index contributed by atoms with van der Waals surface area (Å²) < 4.78 is 4.99. The fraction of sp³-hybridized carbons (Fsp3) is 0.500. The first kappa shape index (κ1) is 16.9. The van der Waals surface area contributed by atoms with Crippen molar-refractivity contribution in [3.8, 4) is 0 Å². The lowest BCUT2D eigenvalue weighted by Gasteiger charge is -2.30. The molecule has 7 nitrogen and oxygen atoms in total. The molecule has 23 heavy (non-hydrogen) atoms. The molecule has 1 aliphatic heterocycles. The SMILES string of the molecule is CCOC(=O)C1CCCN(C(=O)C(=O)Nc2cccc(C)n2)C1. The Hall–Kier alpha value is -2.44. The molecule has 1 saturated heterocycles. The second-order valence-corrected chi connectivity index (χ2v) is 5.46. The van der Waals surface area contributed by atoms with Gasteiger partial charge in [0.15, 0.2) is 0 Å². The summed E-state index contributed by atoms with van der Waals surface area (Å²) in [5.74, 6) is -1.74. The molecule has 1 atom stereocenters. The number of anilines is 1. The van der Waals surface area contributed by atoms with Crippen molar-refractivity contribution in [2.75, 3.05) is 25.0 Å². The Kier molecular flexibility index (Phi) is 5.67. The number of aryl methyl sites for hydroxylation is 1. The average molecular weight is 319 g/mol. The quantitative estimate of drug-likeness (QED) is 0.666. The van der Waals surface area contributed by atoms with Crippen molar-refractivity contribution in [1.29, 1.82) is 0 Å². The van der Waals surface area contributed by atoms with E-state index in [1.807, 2.05) is 0 Å². The van der Waals surface area contributed by atoms with Crippen LogP contribution in [0.2, 0.25) is 0 Å². The van der Waals surface area contributed by atoms with E-state index in [2.05, 4.69) is 10.3 Å². The van der Waals surface area contributed by atoms with Crippen molar-refractivity contribution < 1.29 is 19.1 Å². The molecule has 0 spiro atoms. The third-order valence-electron chi connectivity index (χ3n) is 3.65. The molecule has 0 bridgehead atoms. The fourth-order valence-corrected chi connectivity index (χ4v) is 2.54. The van der Waals surface area contributed by atoms with Crippen LogP contribution in [0.3, 0.4) is 0 Å². The van der Waals surface area contributed by atoms with Crippen LogP contribution in [0.5, 0.6) is 0 Å². The molecule has 2 rings (SSSR count). The number of hydrogen-bond acceptors (Lipinski definition) is 5. The van der Waals surface area contributed by atoms with E-state index >= 15 is 0 Å². The highest BCUT2D eigenvalue weighted by Crippen LogP contribution is 2.18. The summed E-state index contributed by atoms with van der Waals surface area (Å²) in [6.45, 7) is 4.52. The van der Waals surface area contributed by atoms with Crippen molar-refractivity contribution in [2.45, 2.75) is 26.7 Å². The minimum Gasteiger partial charge on any atom is -0.466 e. The number of esters is 1. The maximum absolute atomic E-state index is 12.2. The van der Waals surface area contributed by atoms with Gasteiger partial charge in [0.25, 0.3) is 0 Å². The van der Waals surface area contributed by atoms with Crippen LogP contribution in [-0.2, 0) is 19.1 Å². The average Bonchev–Trinajstić information content (AvgIpc) is 2.54. The van der Waals surface area contributed by atoms with Gasteiger partial charge in [0.05, 0.1) is 12.5 Å². The van der Waals surface area contributed by atoms with E-state index in [1.165, 1.54) is 4.90 Å². The Morgan fingerprint density at radius 2 is 2.17 bits per heavy atom. The van der Waals surface area contributed by atoms with E-state index in [4.69, 9.17) is 4.74 Å². The summed E-state index contributed by atoms with van der Waals surface area (Å²) in [6.07, 6.45) is 1.34. The number of hydrogen-bond donors (Lipinski definition) is 1. The lowest BCUT2D eigenvalue weighted by atomic mass is 9.98.